The fourth-order valence-electron chi connectivity index (χ4n) is 2.33. The van der Waals surface area contributed by atoms with Gasteiger partial charge in [-0.2, -0.15) is 0 Å². The van der Waals surface area contributed by atoms with Gasteiger partial charge in [-0.25, -0.2) is 8.42 Å². The molecule has 3 rings (SSSR count). The van der Waals surface area contributed by atoms with Crippen LogP contribution < -0.4 is 9.46 Å². The summed E-state index contributed by atoms with van der Waals surface area (Å²) in [4.78, 5) is -0.149. The zero-order chi connectivity index (χ0) is 18.7. The van der Waals surface area contributed by atoms with Crippen LogP contribution in [-0.4, -0.2) is 8.42 Å². The van der Waals surface area contributed by atoms with Crippen molar-refractivity contribution in [1.82, 2.24) is 0 Å². The lowest BCUT2D eigenvalue weighted by molar-refractivity contribution is 0.479. The number of hydrogen-bond donors (Lipinski definition) is 1. The van der Waals surface area contributed by atoms with E-state index in [2.05, 4.69) is 4.72 Å². The van der Waals surface area contributed by atoms with Crippen LogP contribution in [0.2, 0.25) is 10.0 Å². The molecule has 26 heavy (non-hydrogen) atoms. The summed E-state index contributed by atoms with van der Waals surface area (Å²) in [5, 5.41) is 0.119. The van der Waals surface area contributed by atoms with Crippen molar-refractivity contribution >= 4 is 38.9 Å². The number of halogens is 2. The van der Waals surface area contributed by atoms with E-state index in [9.17, 15) is 8.42 Å². The maximum atomic E-state index is 12.6. The molecule has 0 heterocycles. The number of nitrogens with one attached hydrogen (secondary N) is 1. The van der Waals surface area contributed by atoms with E-state index in [0.29, 0.717) is 11.4 Å². The van der Waals surface area contributed by atoms with Gasteiger partial charge in [-0.15, -0.1) is 0 Å². The quantitative estimate of drug-likeness (QED) is 0.572. The van der Waals surface area contributed by atoms with Crippen LogP contribution in [-0.2, 0) is 10.0 Å². The van der Waals surface area contributed by atoms with E-state index in [0.717, 1.165) is 11.3 Å². The first-order valence-corrected chi connectivity index (χ1v) is 9.91. The maximum absolute atomic E-state index is 12.6. The van der Waals surface area contributed by atoms with Crippen LogP contribution in [0.5, 0.6) is 11.5 Å². The molecule has 0 atom stereocenters. The SMILES string of the molecule is Cc1ccccc1Oc1ccc(NS(=O)(=O)c2c(Cl)cccc2Cl)cc1. The number of anilines is 1. The second-order valence-electron chi connectivity index (χ2n) is 5.55. The third-order valence-corrected chi connectivity index (χ3v) is 5.95. The van der Waals surface area contributed by atoms with Crippen molar-refractivity contribution in [2.24, 2.45) is 0 Å². The predicted molar refractivity (Wildman–Crippen MR) is 105 cm³/mol. The molecule has 0 aliphatic rings. The van der Waals surface area contributed by atoms with Gasteiger partial charge in [0.2, 0.25) is 0 Å². The Labute approximate surface area is 162 Å². The van der Waals surface area contributed by atoms with Gasteiger partial charge in [0.25, 0.3) is 10.0 Å². The fraction of sp³-hybridized carbons (Fsp3) is 0.0526. The van der Waals surface area contributed by atoms with Gasteiger partial charge in [0.05, 0.1) is 10.0 Å². The van der Waals surface area contributed by atoms with Gasteiger partial charge in [-0.05, 0) is 55.0 Å². The zero-order valence-electron chi connectivity index (χ0n) is 13.7. The number of ether oxygens (including phenoxy) is 1. The van der Waals surface area contributed by atoms with Crippen molar-refractivity contribution in [3.8, 4) is 11.5 Å². The minimum absolute atomic E-state index is 0.0597. The van der Waals surface area contributed by atoms with Crippen LogP contribution in [0.4, 0.5) is 5.69 Å². The second-order valence-corrected chi connectivity index (χ2v) is 7.98. The summed E-state index contributed by atoms with van der Waals surface area (Å²) in [5.41, 5.74) is 1.38. The molecule has 4 nitrogen and oxygen atoms in total. The lowest BCUT2D eigenvalue weighted by Gasteiger charge is -2.12. The van der Waals surface area contributed by atoms with E-state index in [-0.39, 0.29) is 14.9 Å². The molecule has 3 aromatic rings. The van der Waals surface area contributed by atoms with Crippen LogP contribution in [0.1, 0.15) is 5.56 Å². The van der Waals surface area contributed by atoms with Gasteiger partial charge in [-0.1, -0.05) is 47.5 Å². The van der Waals surface area contributed by atoms with Crippen LogP contribution in [0.3, 0.4) is 0 Å². The van der Waals surface area contributed by atoms with Gasteiger partial charge in [0.15, 0.2) is 0 Å². The van der Waals surface area contributed by atoms with Crippen LogP contribution in [0.25, 0.3) is 0 Å². The Kier molecular flexibility index (Phi) is 5.41. The molecule has 0 aliphatic heterocycles. The molecule has 0 aromatic heterocycles. The molecule has 7 heteroatoms. The average molecular weight is 408 g/mol. The van der Waals surface area contributed by atoms with Gasteiger partial charge in [0.1, 0.15) is 16.4 Å². The monoisotopic (exact) mass is 407 g/mol. The number of rotatable bonds is 5. The molecule has 0 unspecified atom stereocenters. The van der Waals surface area contributed by atoms with Gasteiger partial charge in [0, 0.05) is 5.69 Å². The lowest BCUT2D eigenvalue weighted by atomic mass is 10.2. The Morgan fingerprint density at radius 3 is 2.08 bits per heavy atom. The van der Waals surface area contributed by atoms with Crippen LogP contribution in [0, 0.1) is 6.92 Å². The summed E-state index contributed by atoms with van der Waals surface area (Å²) in [6.45, 7) is 1.95. The largest absolute Gasteiger partial charge is 0.457 e. The average Bonchev–Trinajstić information content (AvgIpc) is 2.58. The fourth-order valence-corrected chi connectivity index (χ4v) is 4.54. The molecule has 1 N–H and O–H groups in total. The van der Waals surface area contributed by atoms with Crippen molar-refractivity contribution in [2.75, 3.05) is 4.72 Å². The number of aryl methyl sites for hydroxylation is 1. The van der Waals surface area contributed by atoms with E-state index in [1.165, 1.54) is 12.1 Å². The number of sulfonamides is 1. The van der Waals surface area contributed by atoms with Crippen molar-refractivity contribution in [1.29, 1.82) is 0 Å². The third kappa shape index (κ3) is 4.12. The normalized spacial score (nSPS) is 11.2. The highest BCUT2D eigenvalue weighted by Gasteiger charge is 2.21. The highest BCUT2D eigenvalue weighted by atomic mass is 35.5. The summed E-state index contributed by atoms with van der Waals surface area (Å²) in [7, 11) is -3.91. The molecule has 0 saturated carbocycles. The Balaban J connectivity index is 1.80. The number of hydrogen-bond acceptors (Lipinski definition) is 3. The Morgan fingerprint density at radius 2 is 1.46 bits per heavy atom. The highest BCUT2D eigenvalue weighted by molar-refractivity contribution is 7.93. The predicted octanol–water partition coefficient (Wildman–Crippen LogP) is 5.89. The molecule has 0 bridgehead atoms. The smallest absolute Gasteiger partial charge is 0.264 e. The third-order valence-electron chi connectivity index (χ3n) is 3.62. The van der Waals surface area contributed by atoms with Crippen LogP contribution >= 0.6 is 23.2 Å². The van der Waals surface area contributed by atoms with Crippen molar-refractivity contribution in [2.45, 2.75) is 11.8 Å². The minimum atomic E-state index is -3.91. The Bertz CT molecular complexity index is 1010. The number of para-hydroxylation sites is 1. The van der Waals surface area contributed by atoms with Crippen molar-refractivity contribution < 1.29 is 13.2 Å². The molecule has 0 amide bonds. The van der Waals surface area contributed by atoms with E-state index in [1.807, 2.05) is 31.2 Å². The van der Waals surface area contributed by atoms with Gasteiger partial charge in [-0.3, -0.25) is 4.72 Å². The lowest BCUT2D eigenvalue weighted by Crippen LogP contribution is -2.14. The molecule has 0 spiro atoms. The molecular weight excluding hydrogens is 393 g/mol. The van der Waals surface area contributed by atoms with Crippen molar-refractivity contribution in [3.63, 3.8) is 0 Å². The summed E-state index contributed by atoms with van der Waals surface area (Å²) in [6, 6.07) is 18.7. The zero-order valence-corrected chi connectivity index (χ0v) is 16.1. The molecular formula is C19H15Cl2NO3S. The second kappa shape index (κ2) is 7.58. The summed E-state index contributed by atoms with van der Waals surface area (Å²) in [6.07, 6.45) is 0. The Hall–Kier alpha value is -2.21. The van der Waals surface area contributed by atoms with Crippen LogP contribution in [0.15, 0.2) is 71.6 Å². The minimum Gasteiger partial charge on any atom is -0.457 e. The Morgan fingerprint density at radius 1 is 0.846 bits per heavy atom. The maximum Gasteiger partial charge on any atom is 0.264 e. The van der Waals surface area contributed by atoms with E-state index >= 15 is 0 Å². The highest BCUT2D eigenvalue weighted by Crippen LogP contribution is 2.31. The van der Waals surface area contributed by atoms with Gasteiger partial charge >= 0.3 is 0 Å². The van der Waals surface area contributed by atoms with E-state index in [4.69, 9.17) is 27.9 Å². The summed E-state index contributed by atoms with van der Waals surface area (Å²) < 4.78 is 33.4. The molecule has 0 radical (unpaired) electrons. The first-order chi connectivity index (χ1) is 12.4. The van der Waals surface area contributed by atoms with Crippen molar-refractivity contribution in [3.05, 3.63) is 82.3 Å². The first kappa shape index (κ1) is 18.6. The first-order valence-electron chi connectivity index (χ1n) is 7.67. The standard InChI is InChI=1S/C19H15Cl2NO3S/c1-13-5-2-3-8-18(13)25-15-11-9-14(10-12-15)22-26(23,24)19-16(20)6-4-7-17(19)21/h2-12,22H,1H3. The molecule has 134 valence electrons. The molecule has 3 aromatic carbocycles. The topological polar surface area (TPSA) is 55.4 Å². The van der Waals surface area contributed by atoms with Gasteiger partial charge < -0.3 is 4.74 Å². The van der Waals surface area contributed by atoms with E-state index in [1.54, 1.807) is 30.3 Å². The number of benzene rings is 3. The summed E-state index contributed by atoms with van der Waals surface area (Å²) >= 11 is 12.0. The summed E-state index contributed by atoms with van der Waals surface area (Å²) in [5.74, 6) is 1.33. The van der Waals surface area contributed by atoms with E-state index < -0.39 is 10.0 Å². The molecule has 0 saturated heterocycles. The molecule has 0 fully saturated rings. The molecule has 0 aliphatic carbocycles.